The van der Waals surface area contributed by atoms with E-state index in [0.717, 1.165) is 0 Å². The number of hydrogen-bond acceptors (Lipinski definition) is 3. The maximum atomic E-state index is 11.3. The number of esters is 1. The summed E-state index contributed by atoms with van der Waals surface area (Å²) in [5, 5.41) is 9.60. The van der Waals surface area contributed by atoms with Gasteiger partial charge in [-0.05, 0) is 5.92 Å². The maximum absolute atomic E-state index is 11.3. The van der Waals surface area contributed by atoms with Gasteiger partial charge in [-0.1, -0.05) is 13.8 Å². The highest BCUT2D eigenvalue weighted by molar-refractivity contribution is 5.69. The number of rotatable bonds is 6. The van der Waals surface area contributed by atoms with E-state index in [0.29, 0.717) is 23.6 Å². The van der Waals surface area contributed by atoms with Crippen LogP contribution in [0.1, 0.15) is 20.3 Å². The van der Waals surface area contributed by atoms with Crippen LogP contribution in [0.4, 0.5) is 0 Å². The van der Waals surface area contributed by atoms with E-state index in [-0.39, 0.29) is 12.4 Å². The normalized spacial score (nSPS) is 14.1. The van der Waals surface area contributed by atoms with Gasteiger partial charge >= 0.3 is 5.97 Å². The van der Waals surface area contributed by atoms with Crippen molar-refractivity contribution in [2.24, 2.45) is 5.92 Å². The van der Waals surface area contributed by atoms with Crippen molar-refractivity contribution in [3.63, 3.8) is 0 Å². The fourth-order valence-electron chi connectivity index (χ4n) is 1.21. The Kier molecular flexibility index (Phi) is 5.83. The molecule has 4 nitrogen and oxygen atoms in total. The van der Waals surface area contributed by atoms with Crippen molar-refractivity contribution in [2.45, 2.75) is 26.4 Å². The van der Waals surface area contributed by atoms with E-state index in [1.807, 2.05) is 35.0 Å². The minimum atomic E-state index is -0.621. The van der Waals surface area contributed by atoms with Crippen LogP contribution >= 0.6 is 0 Å². The summed E-state index contributed by atoms with van der Waals surface area (Å²) in [7, 11) is 5.92. The van der Waals surface area contributed by atoms with Crippen molar-refractivity contribution in [1.29, 1.82) is 0 Å². The van der Waals surface area contributed by atoms with E-state index >= 15 is 0 Å². The second kappa shape index (κ2) is 6.08. The molecule has 0 aromatic rings. The summed E-state index contributed by atoms with van der Waals surface area (Å²) in [4.78, 5) is 11.3. The molecule has 0 spiro atoms. The van der Waals surface area contributed by atoms with Crippen LogP contribution < -0.4 is 0 Å². The van der Waals surface area contributed by atoms with Crippen molar-refractivity contribution >= 4 is 5.97 Å². The summed E-state index contributed by atoms with van der Waals surface area (Å²) in [5.74, 6) is 0.0224. The molecular weight excluding hydrogens is 194 g/mol. The molecule has 0 rings (SSSR count). The minimum absolute atomic E-state index is 0.0856. The Hall–Kier alpha value is -0.610. The molecule has 0 saturated carbocycles. The second-order valence-electron chi connectivity index (χ2n) is 5.41. The average Bonchev–Trinajstić information content (AvgIpc) is 1.96. The number of aliphatic hydroxyl groups is 1. The number of hydrogen-bond donors (Lipinski definition) is 1. The van der Waals surface area contributed by atoms with Gasteiger partial charge in [0, 0.05) is 0 Å². The smallest absolute Gasteiger partial charge is 0.308 e. The highest BCUT2D eigenvalue weighted by Gasteiger charge is 2.19. The summed E-state index contributed by atoms with van der Waals surface area (Å²) in [6.45, 7) is 4.94. The molecule has 1 N–H and O–H groups in total. The molecule has 0 aromatic heterocycles. The zero-order chi connectivity index (χ0) is 12.1. The van der Waals surface area contributed by atoms with E-state index < -0.39 is 6.10 Å². The molecule has 0 aromatic carbocycles. The molecule has 0 fully saturated rings. The quantitative estimate of drug-likeness (QED) is 0.526. The van der Waals surface area contributed by atoms with E-state index in [9.17, 15) is 9.90 Å². The lowest BCUT2D eigenvalue weighted by atomic mass is 10.2. The SMILES string of the molecule is CC(C)COC(=O)C[C@@H](O)C[N+](C)(C)C. The molecule has 90 valence electrons. The van der Waals surface area contributed by atoms with Crippen LogP contribution in [-0.4, -0.2) is 56.0 Å². The maximum Gasteiger partial charge on any atom is 0.308 e. The predicted octanol–water partition coefficient (Wildman–Crippen LogP) is 0.643. The summed E-state index contributed by atoms with van der Waals surface area (Å²) in [5.41, 5.74) is 0. The van der Waals surface area contributed by atoms with Crippen molar-refractivity contribution in [2.75, 3.05) is 34.3 Å². The number of aliphatic hydroxyl groups excluding tert-OH is 1. The Morgan fingerprint density at radius 2 is 1.87 bits per heavy atom. The van der Waals surface area contributed by atoms with E-state index in [2.05, 4.69) is 0 Å². The van der Waals surface area contributed by atoms with Crippen LogP contribution in [-0.2, 0) is 9.53 Å². The molecule has 0 unspecified atom stereocenters. The van der Waals surface area contributed by atoms with Gasteiger partial charge in [-0.15, -0.1) is 0 Å². The third-order valence-electron chi connectivity index (χ3n) is 1.74. The van der Waals surface area contributed by atoms with Crippen LogP contribution in [0.3, 0.4) is 0 Å². The standard InChI is InChI=1S/C11H24NO3/c1-9(2)8-15-11(14)6-10(13)7-12(3,4)5/h9-10,13H,6-8H2,1-5H3/q+1/t10-/m1/s1. The predicted molar refractivity (Wildman–Crippen MR) is 59.3 cm³/mol. The lowest BCUT2D eigenvalue weighted by Crippen LogP contribution is -2.42. The summed E-state index contributed by atoms with van der Waals surface area (Å²) < 4.78 is 5.62. The molecular formula is C11H24NO3+. The number of quaternary nitrogens is 1. The largest absolute Gasteiger partial charge is 0.465 e. The second-order valence-corrected chi connectivity index (χ2v) is 5.41. The van der Waals surface area contributed by atoms with Crippen LogP contribution in [0, 0.1) is 5.92 Å². The zero-order valence-electron chi connectivity index (χ0n) is 10.5. The minimum Gasteiger partial charge on any atom is -0.465 e. The van der Waals surface area contributed by atoms with Gasteiger partial charge in [0.15, 0.2) is 0 Å². The molecule has 0 amide bonds. The van der Waals surface area contributed by atoms with Gasteiger partial charge in [-0.25, -0.2) is 0 Å². The van der Waals surface area contributed by atoms with Crippen LogP contribution in [0.2, 0.25) is 0 Å². The van der Waals surface area contributed by atoms with Gasteiger partial charge in [0.1, 0.15) is 12.6 Å². The molecule has 0 aliphatic carbocycles. The van der Waals surface area contributed by atoms with Gasteiger partial charge < -0.3 is 14.3 Å². The molecule has 0 radical (unpaired) electrons. The molecule has 0 saturated heterocycles. The van der Waals surface area contributed by atoms with Crippen LogP contribution in [0.5, 0.6) is 0 Å². The first kappa shape index (κ1) is 14.4. The van der Waals surface area contributed by atoms with Gasteiger partial charge in [0.25, 0.3) is 0 Å². The molecule has 4 heteroatoms. The first-order valence-corrected chi connectivity index (χ1v) is 5.35. The molecule has 0 aliphatic rings. The zero-order valence-corrected chi connectivity index (χ0v) is 10.5. The average molecular weight is 218 g/mol. The number of nitrogens with zero attached hydrogens (tertiary/aromatic N) is 1. The topological polar surface area (TPSA) is 46.5 Å². The van der Waals surface area contributed by atoms with E-state index in [1.54, 1.807) is 0 Å². The van der Waals surface area contributed by atoms with Crippen molar-refractivity contribution in [3.8, 4) is 0 Å². The van der Waals surface area contributed by atoms with Crippen LogP contribution in [0.15, 0.2) is 0 Å². The molecule has 15 heavy (non-hydrogen) atoms. The molecule has 1 atom stereocenters. The Balaban J connectivity index is 3.77. The van der Waals surface area contributed by atoms with Gasteiger partial charge in [-0.3, -0.25) is 4.79 Å². The summed E-state index contributed by atoms with van der Waals surface area (Å²) in [6, 6.07) is 0. The van der Waals surface area contributed by atoms with Gasteiger partial charge in [0.05, 0.1) is 34.2 Å². The third-order valence-corrected chi connectivity index (χ3v) is 1.74. The monoisotopic (exact) mass is 218 g/mol. The van der Waals surface area contributed by atoms with Gasteiger partial charge in [-0.2, -0.15) is 0 Å². The molecule has 0 bridgehead atoms. The number of carbonyl (C=O) groups excluding carboxylic acids is 1. The highest BCUT2D eigenvalue weighted by Crippen LogP contribution is 2.02. The first-order chi connectivity index (χ1) is 6.70. The summed E-state index contributed by atoms with van der Waals surface area (Å²) in [6.07, 6.45) is -0.535. The number of ether oxygens (including phenoxy) is 1. The first-order valence-electron chi connectivity index (χ1n) is 5.35. The van der Waals surface area contributed by atoms with Crippen molar-refractivity contribution in [3.05, 3.63) is 0 Å². The van der Waals surface area contributed by atoms with Crippen LogP contribution in [0.25, 0.3) is 0 Å². The third kappa shape index (κ3) is 9.69. The lowest BCUT2D eigenvalue weighted by Gasteiger charge is -2.26. The number of likely N-dealkylation sites (N-methyl/N-ethyl adjacent to an activating group) is 1. The van der Waals surface area contributed by atoms with E-state index in [1.165, 1.54) is 0 Å². The lowest BCUT2D eigenvalue weighted by molar-refractivity contribution is -0.873. The fourth-order valence-corrected chi connectivity index (χ4v) is 1.21. The Morgan fingerprint density at radius 3 is 2.27 bits per heavy atom. The van der Waals surface area contributed by atoms with Crippen molar-refractivity contribution < 1.29 is 19.1 Å². The Labute approximate surface area is 92.4 Å². The highest BCUT2D eigenvalue weighted by atomic mass is 16.5. The Bertz CT molecular complexity index is 196. The molecule has 0 aliphatic heterocycles. The molecule has 0 heterocycles. The Morgan fingerprint density at radius 1 is 1.33 bits per heavy atom. The van der Waals surface area contributed by atoms with E-state index in [4.69, 9.17) is 4.74 Å². The fraction of sp³-hybridized carbons (Fsp3) is 0.909. The van der Waals surface area contributed by atoms with Crippen molar-refractivity contribution in [1.82, 2.24) is 0 Å². The van der Waals surface area contributed by atoms with Gasteiger partial charge in [0.2, 0.25) is 0 Å². The number of carbonyl (C=O) groups is 1. The summed E-state index contributed by atoms with van der Waals surface area (Å²) >= 11 is 0.